The molecule has 0 aliphatic rings. The van der Waals surface area contributed by atoms with Crippen LogP contribution >= 0.6 is 0 Å². The third-order valence-electron chi connectivity index (χ3n) is 3.62. The number of aryl methyl sites for hydroxylation is 1. The monoisotopic (exact) mass is 271 g/mol. The number of nitrogens with one attached hydrogen (secondary N) is 1. The molecule has 0 aliphatic carbocycles. The molecule has 0 aliphatic heterocycles. The first kappa shape index (κ1) is 14.9. The molecule has 0 saturated carbocycles. The highest BCUT2D eigenvalue weighted by Gasteiger charge is 2.11. The van der Waals surface area contributed by atoms with Crippen LogP contribution in [0.5, 0.6) is 0 Å². The smallest absolute Gasteiger partial charge is 0.117 e. The van der Waals surface area contributed by atoms with Crippen LogP contribution in [-0.2, 0) is 6.54 Å². The number of hydrogen-bond acceptors (Lipinski definition) is 2. The van der Waals surface area contributed by atoms with Gasteiger partial charge in [0.15, 0.2) is 0 Å². The van der Waals surface area contributed by atoms with Gasteiger partial charge < -0.3 is 9.73 Å². The summed E-state index contributed by atoms with van der Waals surface area (Å²) in [7, 11) is 0. The van der Waals surface area contributed by atoms with Gasteiger partial charge in [0.2, 0.25) is 0 Å². The van der Waals surface area contributed by atoms with Crippen LogP contribution in [0.2, 0.25) is 0 Å². The first-order chi connectivity index (χ1) is 9.79. The van der Waals surface area contributed by atoms with E-state index in [-0.39, 0.29) is 0 Å². The molecule has 0 bridgehead atoms. The molecular weight excluding hydrogens is 246 g/mol. The Balaban J connectivity index is 1.95. The fourth-order valence-corrected chi connectivity index (χ4v) is 2.47. The van der Waals surface area contributed by atoms with Gasteiger partial charge in [-0.25, -0.2) is 0 Å². The van der Waals surface area contributed by atoms with Gasteiger partial charge in [0, 0.05) is 6.04 Å². The molecule has 0 radical (unpaired) electrons. The fourth-order valence-electron chi connectivity index (χ4n) is 2.47. The Bertz CT molecular complexity index is 489. The maximum Gasteiger partial charge on any atom is 0.117 e. The molecule has 2 heteroatoms. The van der Waals surface area contributed by atoms with E-state index in [9.17, 15) is 0 Å². The zero-order valence-electron chi connectivity index (χ0n) is 12.6. The lowest BCUT2D eigenvalue weighted by Crippen LogP contribution is -2.20. The average molecular weight is 271 g/mol. The molecule has 1 atom stereocenters. The zero-order chi connectivity index (χ0) is 14.2. The number of hydrogen-bond donors (Lipinski definition) is 1. The van der Waals surface area contributed by atoms with Gasteiger partial charge in [0.25, 0.3) is 0 Å². The summed E-state index contributed by atoms with van der Waals surface area (Å²) in [6.45, 7) is 5.02. The molecule has 1 N–H and O–H groups in total. The molecule has 1 unspecified atom stereocenters. The number of rotatable bonds is 8. The van der Waals surface area contributed by atoms with E-state index in [2.05, 4.69) is 48.6 Å². The molecule has 20 heavy (non-hydrogen) atoms. The topological polar surface area (TPSA) is 25.2 Å². The van der Waals surface area contributed by atoms with Crippen molar-refractivity contribution in [1.29, 1.82) is 0 Å². The maximum absolute atomic E-state index is 5.63. The molecular formula is C18H25NO. The van der Waals surface area contributed by atoms with E-state index >= 15 is 0 Å². The summed E-state index contributed by atoms with van der Waals surface area (Å²) in [5.74, 6) is 1.99. The van der Waals surface area contributed by atoms with Crippen LogP contribution in [0.4, 0.5) is 0 Å². The van der Waals surface area contributed by atoms with Crippen molar-refractivity contribution in [2.24, 2.45) is 0 Å². The molecule has 2 nitrogen and oxygen atoms in total. The number of furan rings is 1. The molecule has 0 saturated heterocycles. The van der Waals surface area contributed by atoms with Gasteiger partial charge in [-0.05, 0) is 31.0 Å². The highest BCUT2D eigenvalue weighted by atomic mass is 16.3. The highest BCUT2D eigenvalue weighted by molar-refractivity contribution is 5.19. The Morgan fingerprint density at radius 3 is 2.50 bits per heavy atom. The third-order valence-corrected chi connectivity index (χ3v) is 3.62. The minimum atomic E-state index is 0.410. The molecule has 2 rings (SSSR count). The quantitative estimate of drug-likeness (QED) is 0.683. The second-order valence-electron chi connectivity index (χ2n) is 5.35. The lowest BCUT2D eigenvalue weighted by molar-refractivity contribution is 0.417. The summed E-state index contributed by atoms with van der Waals surface area (Å²) < 4.78 is 5.63. The predicted molar refractivity (Wildman–Crippen MR) is 83.6 cm³/mol. The molecule has 2 aromatic rings. The minimum Gasteiger partial charge on any atom is -0.465 e. The number of benzene rings is 1. The van der Waals surface area contributed by atoms with Gasteiger partial charge >= 0.3 is 0 Å². The Hall–Kier alpha value is -1.54. The van der Waals surface area contributed by atoms with Gasteiger partial charge in [0.1, 0.15) is 11.5 Å². The normalized spacial score (nSPS) is 12.5. The van der Waals surface area contributed by atoms with Gasteiger partial charge in [-0.3, -0.25) is 0 Å². The van der Waals surface area contributed by atoms with Crippen molar-refractivity contribution < 1.29 is 4.42 Å². The lowest BCUT2D eigenvalue weighted by Gasteiger charge is -2.18. The Labute approximate surface area is 122 Å². The first-order valence-electron chi connectivity index (χ1n) is 7.63. The molecule has 0 amide bonds. The van der Waals surface area contributed by atoms with Gasteiger partial charge in [0.05, 0.1) is 6.54 Å². The lowest BCUT2D eigenvalue weighted by atomic mass is 10.0. The van der Waals surface area contributed by atoms with Crippen molar-refractivity contribution in [2.75, 3.05) is 0 Å². The van der Waals surface area contributed by atoms with Gasteiger partial charge in [-0.2, -0.15) is 0 Å². The molecule has 1 heterocycles. The predicted octanol–water partition coefficient (Wildman–Crippen LogP) is 5.00. The highest BCUT2D eigenvalue weighted by Crippen LogP contribution is 2.20. The largest absolute Gasteiger partial charge is 0.465 e. The van der Waals surface area contributed by atoms with Crippen molar-refractivity contribution in [1.82, 2.24) is 5.32 Å². The molecule has 1 aromatic heterocycles. The Morgan fingerprint density at radius 2 is 1.85 bits per heavy atom. The summed E-state index contributed by atoms with van der Waals surface area (Å²) in [4.78, 5) is 0. The Morgan fingerprint density at radius 1 is 1.05 bits per heavy atom. The van der Waals surface area contributed by atoms with E-state index < -0.39 is 0 Å². The van der Waals surface area contributed by atoms with Crippen LogP contribution in [0.25, 0.3) is 0 Å². The minimum absolute atomic E-state index is 0.410. The second kappa shape index (κ2) is 7.91. The van der Waals surface area contributed by atoms with Crippen LogP contribution in [0.15, 0.2) is 46.9 Å². The fraction of sp³-hybridized carbons (Fsp3) is 0.444. The van der Waals surface area contributed by atoms with E-state index in [1.165, 1.54) is 31.2 Å². The van der Waals surface area contributed by atoms with Crippen molar-refractivity contribution in [2.45, 2.75) is 52.1 Å². The van der Waals surface area contributed by atoms with Crippen LogP contribution < -0.4 is 5.32 Å². The average Bonchev–Trinajstić information content (AvgIpc) is 2.89. The number of unbranched alkanes of at least 4 members (excludes halogenated alkanes) is 2. The summed E-state index contributed by atoms with van der Waals surface area (Å²) in [6.07, 6.45) is 5.00. The van der Waals surface area contributed by atoms with Crippen molar-refractivity contribution in [3.63, 3.8) is 0 Å². The van der Waals surface area contributed by atoms with E-state index in [0.717, 1.165) is 18.1 Å². The van der Waals surface area contributed by atoms with E-state index in [4.69, 9.17) is 4.42 Å². The summed E-state index contributed by atoms with van der Waals surface area (Å²) in [5, 5.41) is 3.63. The van der Waals surface area contributed by atoms with Crippen LogP contribution in [-0.4, -0.2) is 0 Å². The Kier molecular flexibility index (Phi) is 5.87. The maximum atomic E-state index is 5.63. The van der Waals surface area contributed by atoms with Crippen LogP contribution in [0, 0.1) is 6.92 Å². The molecule has 1 aromatic carbocycles. The molecule has 0 fully saturated rings. The van der Waals surface area contributed by atoms with Crippen molar-refractivity contribution in [3.8, 4) is 0 Å². The van der Waals surface area contributed by atoms with Crippen LogP contribution in [0.3, 0.4) is 0 Å². The standard InChI is InChI=1S/C18H25NO/c1-3-4-6-11-18(16-9-7-5-8-10-16)19-14-17-13-12-15(2)20-17/h5,7-10,12-13,18-19H,3-4,6,11,14H2,1-2H3. The van der Waals surface area contributed by atoms with E-state index in [1.807, 2.05) is 13.0 Å². The SMILES string of the molecule is CCCCCC(NCc1ccc(C)o1)c1ccccc1. The second-order valence-corrected chi connectivity index (χ2v) is 5.35. The van der Waals surface area contributed by atoms with Crippen molar-refractivity contribution in [3.05, 3.63) is 59.5 Å². The van der Waals surface area contributed by atoms with Crippen LogP contribution in [0.1, 0.15) is 55.7 Å². The summed E-state index contributed by atoms with van der Waals surface area (Å²) in [6, 6.07) is 15.2. The van der Waals surface area contributed by atoms with Gasteiger partial charge in [-0.15, -0.1) is 0 Å². The zero-order valence-corrected chi connectivity index (χ0v) is 12.6. The third kappa shape index (κ3) is 4.53. The van der Waals surface area contributed by atoms with Crippen molar-refractivity contribution >= 4 is 0 Å². The van der Waals surface area contributed by atoms with Gasteiger partial charge in [-0.1, -0.05) is 56.5 Å². The summed E-state index contributed by atoms with van der Waals surface area (Å²) in [5.41, 5.74) is 1.37. The van der Waals surface area contributed by atoms with E-state index in [0.29, 0.717) is 6.04 Å². The summed E-state index contributed by atoms with van der Waals surface area (Å²) >= 11 is 0. The van der Waals surface area contributed by atoms with E-state index in [1.54, 1.807) is 0 Å². The molecule has 0 spiro atoms. The molecule has 108 valence electrons. The first-order valence-corrected chi connectivity index (χ1v) is 7.63.